The highest BCUT2D eigenvalue weighted by Gasteiger charge is 2.42. The van der Waals surface area contributed by atoms with Crippen LogP contribution in [0.15, 0.2) is 18.2 Å². The normalized spacial score (nSPS) is 23.4. The van der Waals surface area contributed by atoms with Crippen molar-refractivity contribution in [3.8, 4) is 17.1 Å². The molecule has 2 N–H and O–H groups in total. The van der Waals surface area contributed by atoms with Crippen LogP contribution in [0, 0.1) is 5.82 Å². The number of carbonyl (C=O) groups is 3. The zero-order valence-corrected chi connectivity index (χ0v) is 28.6. The average molecular weight is 668 g/mol. The van der Waals surface area contributed by atoms with E-state index < -0.39 is 29.1 Å². The first-order chi connectivity index (χ1) is 22.7. The minimum Gasteiger partial charge on any atom is -0.469 e. The number of halogens is 1. The Labute approximate surface area is 280 Å². The summed E-state index contributed by atoms with van der Waals surface area (Å²) in [7, 11) is 0. The summed E-state index contributed by atoms with van der Waals surface area (Å²) in [4.78, 5) is 55.0. The third-order valence-electron chi connectivity index (χ3n) is 8.90. The van der Waals surface area contributed by atoms with E-state index in [4.69, 9.17) is 24.2 Å². The third-order valence-corrected chi connectivity index (χ3v) is 8.90. The Balaban J connectivity index is 1.39. The van der Waals surface area contributed by atoms with Crippen LogP contribution in [0.1, 0.15) is 77.6 Å². The number of nitrogens with zero attached hydrogens (tertiary/aromatic N) is 5. The van der Waals surface area contributed by atoms with E-state index in [1.54, 1.807) is 22.8 Å². The number of anilines is 2. The molecule has 14 heteroatoms. The topological polar surface area (TPSA) is 138 Å². The van der Waals surface area contributed by atoms with E-state index in [0.717, 1.165) is 19.3 Å². The van der Waals surface area contributed by atoms with Crippen LogP contribution in [0.4, 0.5) is 25.6 Å². The molecule has 1 aromatic carbocycles. The Morgan fingerprint density at radius 1 is 1.12 bits per heavy atom. The summed E-state index contributed by atoms with van der Waals surface area (Å²) in [5, 5.41) is 5.10. The summed E-state index contributed by atoms with van der Waals surface area (Å²) in [5.74, 6) is -0.570. The fourth-order valence-electron chi connectivity index (χ4n) is 6.89. The van der Waals surface area contributed by atoms with Gasteiger partial charge < -0.3 is 39.5 Å². The molecule has 6 rings (SSSR count). The highest BCUT2D eigenvalue weighted by Crippen LogP contribution is 2.39. The van der Waals surface area contributed by atoms with Gasteiger partial charge in [0.1, 0.15) is 22.6 Å². The number of morpholine rings is 1. The molecule has 3 fully saturated rings. The lowest BCUT2D eigenvalue weighted by molar-refractivity contribution is 0.0158. The zero-order valence-electron chi connectivity index (χ0n) is 28.6. The Morgan fingerprint density at radius 3 is 2.52 bits per heavy atom. The maximum absolute atomic E-state index is 15.5. The van der Waals surface area contributed by atoms with E-state index in [-0.39, 0.29) is 60.1 Å². The quantitative estimate of drug-likeness (QED) is 0.445. The van der Waals surface area contributed by atoms with E-state index in [9.17, 15) is 14.4 Å². The van der Waals surface area contributed by atoms with E-state index >= 15 is 4.39 Å². The average Bonchev–Trinajstić information content (AvgIpc) is 3.58. The molecule has 2 unspecified atom stereocenters. The van der Waals surface area contributed by atoms with Gasteiger partial charge in [0.15, 0.2) is 0 Å². The van der Waals surface area contributed by atoms with E-state index in [0.29, 0.717) is 44.1 Å². The Bertz CT molecular complexity index is 1570. The Kier molecular flexibility index (Phi) is 9.14. The van der Waals surface area contributed by atoms with Gasteiger partial charge in [-0.15, -0.1) is 0 Å². The number of ether oxygens (including phenoxy) is 3. The molecule has 3 atom stereocenters. The van der Waals surface area contributed by atoms with Crippen LogP contribution >= 0.6 is 0 Å². The number of aromatic nitrogens is 2. The Morgan fingerprint density at radius 2 is 1.85 bits per heavy atom. The number of benzene rings is 1. The lowest BCUT2D eigenvalue weighted by Crippen LogP contribution is -2.50. The van der Waals surface area contributed by atoms with Gasteiger partial charge in [0, 0.05) is 38.3 Å². The Hall–Kier alpha value is -4.20. The lowest BCUT2D eigenvalue weighted by Gasteiger charge is -2.34. The summed E-state index contributed by atoms with van der Waals surface area (Å²) in [6.07, 6.45) is 3.10. The molecule has 4 amide bonds. The van der Waals surface area contributed by atoms with Crippen molar-refractivity contribution in [3.05, 3.63) is 29.6 Å². The molecule has 48 heavy (non-hydrogen) atoms. The smallest absolute Gasteiger partial charge is 0.410 e. The number of carbonyl (C=O) groups excluding carboxylic acids is 3. The number of amides is 4. The van der Waals surface area contributed by atoms with Crippen LogP contribution < -0.4 is 20.3 Å². The van der Waals surface area contributed by atoms with E-state index in [1.165, 1.54) is 12.1 Å². The number of urea groups is 1. The van der Waals surface area contributed by atoms with Crippen molar-refractivity contribution in [2.75, 3.05) is 49.5 Å². The van der Waals surface area contributed by atoms with Crippen LogP contribution in [0.3, 0.4) is 0 Å². The van der Waals surface area contributed by atoms with Gasteiger partial charge in [-0.05, 0) is 79.4 Å². The number of nitrogens with one attached hydrogen (secondary N) is 2. The van der Waals surface area contributed by atoms with Crippen molar-refractivity contribution in [1.82, 2.24) is 25.1 Å². The summed E-state index contributed by atoms with van der Waals surface area (Å²) >= 11 is 0. The number of hydrogen-bond donors (Lipinski definition) is 2. The van der Waals surface area contributed by atoms with Crippen LogP contribution in [0.5, 0.6) is 5.88 Å². The summed E-state index contributed by atoms with van der Waals surface area (Å²) < 4.78 is 33.8. The van der Waals surface area contributed by atoms with E-state index in [1.807, 2.05) is 39.5 Å². The van der Waals surface area contributed by atoms with Gasteiger partial charge in [0.25, 0.3) is 5.91 Å². The van der Waals surface area contributed by atoms with Crippen molar-refractivity contribution >= 4 is 29.7 Å². The number of fused-ring (bicyclic) bond motifs is 3. The number of rotatable bonds is 6. The molecule has 2 aromatic rings. The fraction of sp³-hybridized carbons (Fsp3) is 0.618. The molecule has 4 aliphatic heterocycles. The summed E-state index contributed by atoms with van der Waals surface area (Å²) in [6.45, 7) is 13.6. The predicted molar refractivity (Wildman–Crippen MR) is 177 cm³/mol. The molecule has 0 spiro atoms. The maximum atomic E-state index is 15.5. The number of likely N-dealkylation sites (tertiary alicyclic amines) is 1. The molecule has 1 aromatic heterocycles. The SMILES string of the molecule is CCNC(=O)Nc1ccc(-c2nc(N3CC4CCC(C3)O4)nc3c2C(=O)N(C[C@@H]2CCCN2C(=O)OC(C)(C)C)CC(C)(C)O3)cc1F. The molecule has 0 aliphatic carbocycles. The van der Waals surface area contributed by atoms with Crippen LogP contribution in [-0.4, -0.2) is 107 Å². The molecular weight excluding hydrogens is 621 g/mol. The fourth-order valence-corrected chi connectivity index (χ4v) is 6.89. The molecule has 4 aliphatic rings. The third kappa shape index (κ3) is 7.27. The van der Waals surface area contributed by atoms with Gasteiger partial charge in [-0.2, -0.15) is 4.98 Å². The second kappa shape index (κ2) is 13.0. The van der Waals surface area contributed by atoms with Crippen LogP contribution in [0.2, 0.25) is 0 Å². The van der Waals surface area contributed by atoms with Crippen LogP contribution in [-0.2, 0) is 9.47 Å². The minimum atomic E-state index is -0.852. The maximum Gasteiger partial charge on any atom is 0.410 e. The molecular formula is C34H46FN7O6. The number of hydrogen-bond acceptors (Lipinski definition) is 9. The van der Waals surface area contributed by atoms with Gasteiger partial charge in [-0.3, -0.25) is 4.79 Å². The second-order valence-corrected chi connectivity index (χ2v) is 14.6. The molecule has 0 saturated carbocycles. The van der Waals surface area contributed by atoms with Crippen LogP contribution in [0.25, 0.3) is 11.3 Å². The van der Waals surface area contributed by atoms with Gasteiger partial charge in [0.05, 0.1) is 36.2 Å². The van der Waals surface area contributed by atoms with Gasteiger partial charge in [0.2, 0.25) is 11.8 Å². The lowest BCUT2D eigenvalue weighted by atomic mass is 10.0. The van der Waals surface area contributed by atoms with Gasteiger partial charge in [-0.1, -0.05) is 6.07 Å². The summed E-state index contributed by atoms with van der Waals surface area (Å²) in [6, 6.07) is 3.54. The van der Waals surface area contributed by atoms with E-state index in [2.05, 4.69) is 10.6 Å². The molecule has 2 bridgehead atoms. The predicted octanol–water partition coefficient (Wildman–Crippen LogP) is 4.80. The standard InChI is InChI=1S/C34H46FN7O6/c1-7-36-31(44)37-25-13-10-20(15-24(25)35)27-26-28(39-30(38-27)40-17-22-11-12-23(18-40)46-22)47-34(5,6)19-41(29(26)43)16-21-9-8-14-42(21)32(45)48-33(2,3)4/h10,13,15,21-23H,7-9,11-12,14,16-19H2,1-6H3,(H2,36,37,44)/t21-,22?,23?/m0/s1. The first kappa shape index (κ1) is 33.7. The first-order valence-corrected chi connectivity index (χ1v) is 16.8. The molecule has 3 saturated heterocycles. The summed E-state index contributed by atoms with van der Waals surface area (Å²) in [5.41, 5.74) is -0.843. The monoisotopic (exact) mass is 667 g/mol. The molecule has 13 nitrogen and oxygen atoms in total. The van der Waals surface area contributed by atoms with Crippen molar-refractivity contribution in [3.63, 3.8) is 0 Å². The first-order valence-electron chi connectivity index (χ1n) is 16.8. The zero-order chi connectivity index (χ0) is 34.4. The highest BCUT2D eigenvalue weighted by atomic mass is 19.1. The molecule has 260 valence electrons. The van der Waals surface area contributed by atoms with Gasteiger partial charge >= 0.3 is 12.1 Å². The molecule has 5 heterocycles. The van der Waals surface area contributed by atoms with Crippen molar-refractivity contribution < 1.29 is 33.0 Å². The minimum absolute atomic E-state index is 0.0105. The molecule has 0 radical (unpaired) electrons. The van der Waals surface area contributed by atoms with Crippen molar-refractivity contribution in [2.45, 2.75) is 96.7 Å². The van der Waals surface area contributed by atoms with Crippen molar-refractivity contribution in [1.29, 1.82) is 0 Å². The van der Waals surface area contributed by atoms with Crippen molar-refractivity contribution in [2.24, 2.45) is 0 Å². The second-order valence-electron chi connectivity index (χ2n) is 14.6. The largest absolute Gasteiger partial charge is 0.469 e. The highest BCUT2D eigenvalue weighted by molar-refractivity contribution is 6.03. The van der Waals surface area contributed by atoms with Gasteiger partial charge in [-0.25, -0.2) is 19.0 Å².